The molecule has 0 aromatic carbocycles. The summed E-state index contributed by atoms with van der Waals surface area (Å²) >= 11 is 6.58. The normalized spacial score (nSPS) is 12.0. The van der Waals surface area contributed by atoms with Crippen LogP contribution >= 0.6 is 67.8 Å². The minimum atomic E-state index is -0.0483. The second-order valence-corrected chi connectivity index (χ2v) is 11.4. The van der Waals surface area contributed by atoms with E-state index in [0.29, 0.717) is 0 Å². The van der Waals surface area contributed by atoms with Gasteiger partial charge in [-0.25, -0.2) is 0 Å². The first-order valence-electron chi connectivity index (χ1n) is 1.18. The van der Waals surface area contributed by atoms with E-state index in [2.05, 4.69) is 67.8 Å². The molecule has 0 spiro atoms. The Kier molecular flexibility index (Phi) is 4.39. The molecule has 0 saturated carbocycles. The van der Waals surface area contributed by atoms with Crippen molar-refractivity contribution in [3.8, 4) is 0 Å². The van der Waals surface area contributed by atoms with Gasteiger partial charge in [0.2, 0.25) is -0.379 Å². The third kappa shape index (κ3) is 6.15. The van der Waals surface area contributed by atoms with Crippen molar-refractivity contribution >= 4 is 67.8 Å². The Hall–Kier alpha value is 2.15. The zero-order chi connectivity index (χ0) is 5.21. The van der Waals surface area contributed by atoms with E-state index in [1.807, 2.05) is 0 Å². The van der Waals surface area contributed by atoms with Gasteiger partial charge in [0.15, 0.2) is 0 Å². The lowest BCUT2D eigenvalue weighted by atomic mass is 11.5. The van der Waals surface area contributed by atoms with Crippen LogP contribution in [0.4, 0.5) is 0 Å². The number of methoxy groups -OCH3 is 1. The van der Waals surface area contributed by atoms with Gasteiger partial charge in [-0.15, -0.1) is 0 Å². The molecule has 0 radical (unpaired) electrons. The average molecular weight is 424 g/mol. The second kappa shape index (κ2) is 3.23. The molecular weight excluding hydrogens is 421 g/mol. The monoisotopic (exact) mass is 424 g/mol. The third-order valence-corrected chi connectivity index (χ3v) is 1.55. The Morgan fingerprint density at radius 1 is 1.33 bits per heavy atom. The molecule has 4 heteroatoms. The molecule has 0 aliphatic rings. The lowest BCUT2D eigenvalue weighted by Gasteiger charge is -2.06. The molecule has 0 heterocycles. The highest BCUT2D eigenvalue weighted by molar-refractivity contribution is 14.3. The first-order valence-corrected chi connectivity index (χ1v) is 4.42. The maximum atomic E-state index is 4.90. The fourth-order valence-electron chi connectivity index (χ4n) is 0. The van der Waals surface area contributed by atoms with E-state index in [1.165, 1.54) is 0 Å². The second-order valence-electron chi connectivity index (χ2n) is 0.650. The third-order valence-electron chi connectivity index (χ3n) is 0.231. The standard InChI is InChI=1S/C2H3I3O/c1-6-2(3,4)5/h1H3. The summed E-state index contributed by atoms with van der Waals surface area (Å²) in [6.45, 7) is 0. The van der Waals surface area contributed by atoms with Crippen LogP contribution in [0, 0.1) is 0 Å². The summed E-state index contributed by atoms with van der Waals surface area (Å²) in [6.07, 6.45) is 0. The fourth-order valence-corrected chi connectivity index (χ4v) is 0. The minimum absolute atomic E-state index is 0.0483. The molecule has 0 unspecified atom stereocenters. The summed E-state index contributed by atoms with van der Waals surface area (Å²) in [4.78, 5) is 0. The molecule has 0 aliphatic carbocycles. The van der Waals surface area contributed by atoms with Gasteiger partial charge < -0.3 is 4.74 Å². The quantitative estimate of drug-likeness (QED) is 0.465. The van der Waals surface area contributed by atoms with E-state index in [1.54, 1.807) is 7.11 Å². The lowest BCUT2D eigenvalue weighted by Crippen LogP contribution is -1.99. The maximum Gasteiger partial charge on any atom is 0.220 e. The van der Waals surface area contributed by atoms with Gasteiger partial charge in [0.25, 0.3) is 0 Å². The molecule has 6 heavy (non-hydrogen) atoms. The molecular formula is C2H3I3O. The van der Waals surface area contributed by atoms with Crippen molar-refractivity contribution in [1.82, 2.24) is 0 Å². The van der Waals surface area contributed by atoms with Crippen LogP contribution in [0.5, 0.6) is 0 Å². The minimum Gasteiger partial charge on any atom is -0.350 e. The fraction of sp³-hybridized carbons (Fsp3) is 1.00. The molecule has 0 saturated heterocycles. The van der Waals surface area contributed by atoms with Crippen molar-refractivity contribution in [2.75, 3.05) is 7.11 Å². The Bertz CT molecular complexity index is 38.5. The van der Waals surface area contributed by atoms with Crippen LogP contribution in [0.1, 0.15) is 0 Å². The summed E-state index contributed by atoms with van der Waals surface area (Å²) < 4.78 is 4.85. The van der Waals surface area contributed by atoms with Gasteiger partial charge in [0.1, 0.15) is 0 Å². The van der Waals surface area contributed by atoms with Crippen LogP contribution in [-0.2, 0) is 4.74 Å². The van der Waals surface area contributed by atoms with E-state index in [-0.39, 0.29) is -0.379 Å². The average Bonchev–Trinajstić information content (AvgIpc) is 1.35. The Morgan fingerprint density at radius 2 is 1.50 bits per heavy atom. The molecule has 0 rings (SSSR count). The molecule has 0 aromatic heterocycles. The first kappa shape index (κ1) is 8.15. The van der Waals surface area contributed by atoms with E-state index in [9.17, 15) is 0 Å². The van der Waals surface area contributed by atoms with E-state index in [4.69, 9.17) is 4.74 Å². The topological polar surface area (TPSA) is 9.23 Å². The van der Waals surface area contributed by atoms with Crippen LogP contribution < -0.4 is 0 Å². The van der Waals surface area contributed by atoms with Crippen molar-refractivity contribution in [2.24, 2.45) is 0 Å². The van der Waals surface area contributed by atoms with Crippen molar-refractivity contribution in [3.05, 3.63) is 0 Å². The summed E-state index contributed by atoms with van der Waals surface area (Å²) in [5.41, 5.74) is 0. The highest BCUT2D eigenvalue weighted by Gasteiger charge is 2.12. The van der Waals surface area contributed by atoms with Crippen molar-refractivity contribution < 1.29 is 4.74 Å². The molecule has 0 aliphatic heterocycles. The van der Waals surface area contributed by atoms with Gasteiger partial charge >= 0.3 is 0 Å². The Labute approximate surface area is 78.0 Å². The SMILES string of the molecule is COC(I)(I)I. The largest absolute Gasteiger partial charge is 0.350 e. The van der Waals surface area contributed by atoms with Gasteiger partial charge in [0, 0.05) is 7.11 Å². The van der Waals surface area contributed by atoms with Crippen LogP contribution in [0.3, 0.4) is 0 Å². The van der Waals surface area contributed by atoms with Gasteiger partial charge in [-0.2, -0.15) is 0 Å². The summed E-state index contributed by atoms with van der Waals surface area (Å²) in [5.74, 6) is 0. The van der Waals surface area contributed by atoms with Crippen LogP contribution in [0.15, 0.2) is 0 Å². The number of hydrogen-bond acceptors (Lipinski definition) is 1. The van der Waals surface area contributed by atoms with Gasteiger partial charge in [-0.3, -0.25) is 0 Å². The molecule has 38 valence electrons. The van der Waals surface area contributed by atoms with E-state index in [0.717, 1.165) is 0 Å². The molecule has 0 amide bonds. The number of hydrogen-bond donors (Lipinski definition) is 0. The smallest absolute Gasteiger partial charge is 0.220 e. The van der Waals surface area contributed by atoms with Crippen molar-refractivity contribution in [3.63, 3.8) is 0 Å². The van der Waals surface area contributed by atoms with E-state index < -0.39 is 0 Å². The number of ether oxygens (including phenoxy) is 1. The summed E-state index contributed by atoms with van der Waals surface area (Å²) in [6, 6.07) is 0. The molecule has 0 atom stereocenters. The first-order chi connectivity index (χ1) is 2.56. The highest BCUT2D eigenvalue weighted by Crippen LogP contribution is 2.35. The van der Waals surface area contributed by atoms with Gasteiger partial charge in [0.05, 0.1) is 0 Å². The number of rotatable bonds is 1. The molecule has 0 aromatic rings. The van der Waals surface area contributed by atoms with E-state index >= 15 is 0 Å². The van der Waals surface area contributed by atoms with Gasteiger partial charge in [-0.05, 0) is 67.8 Å². The van der Waals surface area contributed by atoms with Gasteiger partial charge in [-0.1, -0.05) is 0 Å². The van der Waals surface area contributed by atoms with Crippen LogP contribution in [0.2, 0.25) is 0 Å². The van der Waals surface area contributed by atoms with Crippen molar-refractivity contribution in [2.45, 2.75) is -0.379 Å². The van der Waals surface area contributed by atoms with Crippen molar-refractivity contribution in [1.29, 1.82) is 0 Å². The lowest BCUT2D eigenvalue weighted by molar-refractivity contribution is 0.246. The molecule has 0 fully saturated rings. The molecule has 0 N–H and O–H groups in total. The predicted molar refractivity (Wildman–Crippen MR) is 51.8 cm³/mol. The zero-order valence-electron chi connectivity index (χ0n) is 3.04. The summed E-state index contributed by atoms with van der Waals surface area (Å²) in [5, 5.41) is 0. The Morgan fingerprint density at radius 3 is 1.50 bits per heavy atom. The summed E-state index contributed by atoms with van der Waals surface area (Å²) in [7, 11) is 1.69. The van der Waals surface area contributed by atoms with Crippen LogP contribution in [0.25, 0.3) is 0 Å². The predicted octanol–water partition coefficient (Wildman–Crippen LogP) is 2.55. The molecule has 1 nitrogen and oxygen atoms in total. The number of alkyl halides is 3. The Balaban J connectivity index is 3.17. The van der Waals surface area contributed by atoms with Crippen LogP contribution in [-0.4, -0.2) is 6.73 Å². The highest BCUT2D eigenvalue weighted by atomic mass is 127. The molecule has 0 bridgehead atoms. The number of halogens is 3. The zero-order valence-corrected chi connectivity index (χ0v) is 9.51. The maximum absolute atomic E-state index is 4.90.